The van der Waals surface area contributed by atoms with Crippen molar-refractivity contribution in [3.05, 3.63) is 12.2 Å². The first-order chi connectivity index (χ1) is 6.31. The lowest BCUT2D eigenvalue weighted by molar-refractivity contribution is 0.160. The summed E-state index contributed by atoms with van der Waals surface area (Å²) in [6.45, 7) is 3.23. The quantitative estimate of drug-likeness (QED) is 0.489. The molecule has 1 nitrogen and oxygen atoms in total. The molecular formula is C11H18ClN. The number of alkyl halides is 1. The number of hydrogen-bond donors (Lipinski definition) is 0. The van der Waals surface area contributed by atoms with Gasteiger partial charge < -0.3 is 0 Å². The number of piperidine rings is 1. The Kier molecular flexibility index (Phi) is 2.95. The van der Waals surface area contributed by atoms with Gasteiger partial charge in [0.2, 0.25) is 0 Å². The molecule has 0 saturated carbocycles. The summed E-state index contributed by atoms with van der Waals surface area (Å²) >= 11 is 6.20. The Morgan fingerprint density at radius 1 is 1.31 bits per heavy atom. The Morgan fingerprint density at radius 2 is 1.92 bits per heavy atom. The van der Waals surface area contributed by atoms with Crippen molar-refractivity contribution in [2.75, 3.05) is 6.54 Å². The van der Waals surface area contributed by atoms with E-state index in [1.165, 1.54) is 25.7 Å². The van der Waals surface area contributed by atoms with Gasteiger partial charge in [-0.1, -0.05) is 12.2 Å². The SMILES string of the molecule is C/C=C/CN1C2CCC1CC(Cl)C2. The standard InChI is InChI=1S/C11H18ClN/c1-2-3-6-13-10-4-5-11(13)8-9(12)7-10/h2-3,9-11H,4-8H2,1H3/b3-2+. The highest BCUT2D eigenvalue weighted by atomic mass is 35.5. The first-order valence-corrected chi connectivity index (χ1v) is 5.76. The molecule has 74 valence electrons. The average Bonchev–Trinajstić information content (AvgIpc) is 2.33. The van der Waals surface area contributed by atoms with Gasteiger partial charge in [-0.05, 0) is 32.6 Å². The average molecular weight is 200 g/mol. The van der Waals surface area contributed by atoms with Crippen LogP contribution in [0.15, 0.2) is 12.2 Å². The molecule has 0 radical (unpaired) electrons. The molecule has 0 spiro atoms. The summed E-state index contributed by atoms with van der Waals surface area (Å²) < 4.78 is 0. The zero-order chi connectivity index (χ0) is 9.26. The van der Waals surface area contributed by atoms with Crippen LogP contribution in [0, 0.1) is 0 Å². The number of rotatable bonds is 2. The predicted molar refractivity (Wildman–Crippen MR) is 57.2 cm³/mol. The van der Waals surface area contributed by atoms with Crippen LogP contribution in [-0.4, -0.2) is 28.9 Å². The minimum Gasteiger partial charge on any atom is -0.294 e. The second kappa shape index (κ2) is 4.02. The number of fused-ring (bicyclic) bond motifs is 2. The van der Waals surface area contributed by atoms with Gasteiger partial charge in [0.25, 0.3) is 0 Å². The fourth-order valence-corrected chi connectivity index (χ4v) is 3.14. The van der Waals surface area contributed by atoms with Gasteiger partial charge in [-0.25, -0.2) is 0 Å². The van der Waals surface area contributed by atoms with Crippen molar-refractivity contribution in [2.24, 2.45) is 0 Å². The van der Waals surface area contributed by atoms with Crippen LogP contribution in [-0.2, 0) is 0 Å². The highest BCUT2D eigenvalue weighted by Crippen LogP contribution is 2.37. The molecule has 2 aliphatic rings. The fraction of sp³-hybridized carbons (Fsp3) is 0.818. The van der Waals surface area contributed by atoms with Gasteiger partial charge in [-0.2, -0.15) is 0 Å². The molecule has 2 unspecified atom stereocenters. The summed E-state index contributed by atoms with van der Waals surface area (Å²) in [5.74, 6) is 0. The van der Waals surface area contributed by atoms with Crippen molar-refractivity contribution in [3.8, 4) is 0 Å². The van der Waals surface area contributed by atoms with Crippen LogP contribution in [0.1, 0.15) is 32.6 Å². The minimum atomic E-state index is 0.444. The van der Waals surface area contributed by atoms with E-state index < -0.39 is 0 Å². The Morgan fingerprint density at radius 3 is 2.46 bits per heavy atom. The molecule has 2 bridgehead atoms. The minimum absolute atomic E-state index is 0.444. The maximum Gasteiger partial charge on any atom is 0.0365 e. The third kappa shape index (κ3) is 1.92. The maximum atomic E-state index is 6.20. The van der Waals surface area contributed by atoms with Gasteiger partial charge in [0, 0.05) is 24.0 Å². The molecule has 0 aromatic rings. The van der Waals surface area contributed by atoms with Crippen LogP contribution in [0.25, 0.3) is 0 Å². The van der Waals surface area contributed by atoms with Crippen molar-refractivity contribution >= 4 is 11.6 Å². The van der Waals surface area contributed by atoms with Crippen molar-refractivity contribution in [1.82, 2.24) is 4.90 Å². The van der Waals surface area contributed by atoms with E-state index in [0.717, 1.165) is 18.6 Å². The third-order valence-corrected chi connectivity index (χ3v) is 3.74. The molecule has 2 rings (SSSR count). The molecule has 0 N–H and O–H groups in total. The Labute approximate surface area is 85.8 Å². The van der Waals surface area contributed by atoms with Gasteiger partial charge in [-0.3, -0.25) is 4.90 Å². The molecule has 0 aromatic heterocycles. The van der Waals surface area contributed by atoms with E-state index in [9.17, 15) is 0 Å². The highest BCUT2D eigenvalue weighted by Gasteiger charge is 2.39. The molecule has 0 aromatic carbocycles. The summed E-state index contributed by atoms with van der Waals surface area (Å²) in [6.07, 6.45) is 9.55. The smallest absolute Gasteiger partial charge is 0.0365 e. The number of allylic oxidation sites excluding steroid dienone is 1. The Bertz CT molecular complexity index is 188. The van der Waals surface area contributed by atoms with Crippen LogP contribution in [0.5, 0.6) is 0 Å². The summed E-state index contributed by atoms with van der Waals surface area (Å²) in [7, 11) is 0. The lowest BCUT2D eigenvalue weighted by Crippen LogP contribution is -2.43. The lowest BCUT2D eigenvalue weighted by atomic mass is 10.0. The van der Waals surface area contributed by atoms with Crippen molar-refractivity contribution < 1.29 is 0 Å². The monoisotopic (exact) mass is 199 g/mol. The van der Waals surface area contributed by atoms with Crippen molar-refractivity contribution in [3.63, 3.8) is 0 Å². The van der Waals surface area contributed by atoms with E-state index >= 15 is 0 Å². The van der Waals surface area contributed by atoms with Crippen LogP contribution < -0.4 is 0 Å². The van der Waals surface area contributed by atoms with E-state index in [2.05, 4.69) is 24.0 Å². The van der Waals surface area contributed by atoms with Crippen LogP contribution in [0.3, 0.4) is 0 Å². The highest BCUT2D eigenvalue weighted by molar-refractivity contribution is 6.20. The summed E-state index contributed by atoms with van der Waals surface area (Å²) in [4.78, 5) is 2.64. The Hall–Kier alpha value is -0.0100. The van der Waals surface area contributed by atoms with Gasteiger partial charge in [0.1, 0.15) is 0 Å². The predicted octanol–water partition coefficient (Wildman–Crippen LogP) is 2.80. The molecule has 2 fully saturated rings. The van der Waals surface area contributed by atoms with E-state index in [4.69, 9.17) is 11.6 Å². The molecule has 2 heteroatoms. The van der Waals surface area contributed by atoms with Gasteiger partial charge in [0.05, 0.1) is 0 Å². The van der Waals surface area contributed by atoms with Crippen LogP contribution in [0.2, 0.25) is 0 Å². The zero-order valence-corrected chi connectivity index (χ0v) is 9.00. The molecule has 0 aliphatic carbocycles. The molecule has 2 atom stereocenters. The molecule has 13 heavy (non-hydrogen) atoms. The lowest BCUT2D eigenvalue weighted by Gasteiger charge is -2.36. The molecule has 0 amide bonds. The number of hydrogen-bond acceptors (Lipinski definition) is 1. The van der Waals surface area contributed by atoms with Crippen LogP contribution in [0.4, 0.5) is 0 Å². The van der Waals surface area contributed by atoms with Gasteiger partial charge in [-0.15, -0.1) is 11.6 Å². The molecule has 2 saturated heterocycles. The largest absolute Gasteiger partial charge is 0.294 e. The molecule has 2 aliphatic heterocycles. The number of halogens is 1. The van der Waals surface area contributed by atoms with Crippen LogP contribution >= 0.6 is 11.6 Å². The van der Waals surface area contributed by atoms with Crippen molar-refractivity contribution in [1.29, 1.82) is 0 Å². The number of nitrogens with zero attached hydrogens (tertiary/aromatic N) is 1. The second-order valence-electron chi connectivity index (χ2n) is 4.22. The third-order valence-electron chi connectivity index (χ3n) is 3.38. The normalized spacial score (nSPS) is 40.3. The summed E-state index contributed by atoms with van der Waals surface area (Å²) in [6, 6.07) is 1.55. The fourth-order valence-electron chi connectivity index (χ4n) is 2.73. The maximum absolute atomic E-state index is 6.20. The first-order valence-electron chi connectivity index (χ1n) is 5.32. The van der Waals surface area contributed by atoms with Crippen molar-refractivity contribution in [2.45, 2.75) is 50.1 Å². The van der Waals surface area contributed by atoms with E-state index in [1.807, 2.05) is 0 Å². The van der Waals surface area contributed by atoms with Gasteiger partial charge in [0.15, 0.2) is 0 Å². The summed E-state index contributed by atoms with van der Waals surface area (Å²) in [5, 5.41) is 0.444. The summed E-state index contributed by atoms with van der Waals surface area (Å²) in [5.41, 5.74) is 0. The van der Waals surface area contributed by atoms with E-state index in [0.29, 0.717) is 5.38 Å². The van der Waals surface area contributed by atoms with E-state index in [-0.39, 0.29) is 0 Å². The first kappa shape index (κ1) is 9.54. The molecular weight excluding hydrogens is 182 g/mol. The topological polar surface area (TPSA) is 3.24 Å². The Balaban J connectivity index is 1.98. The van der Waals surface area contributed by atoms with E-state index in [1.54, 1.807) is 0 Å². The van der Waals surface area contributed by atoms with Gasteiger partial charge >= 0.3 is 0 Å². The molecule has 2 heterocycles. The zero-order valence-electron chi connectivity index (χ0n) is 8.25. The second-order valence-corrected chi connectivity index (χ2v) is 4.84.